The molecule has 1 N–H and O–H groups in total. The van der Waals surface area contributed by atoms with Gasteiger partial charge in [-0.3, -0.25) is 9.69 Å². The summed E-state index contributed by atoms with van der Waals surface area (Å²) in [5.41, 5.74) is 1.84. The Morgan fingerprint density at radius 1 is 1.18 bits per heavy atom. The maximum absolute atomic E-state index is 13.1. The lowest BCUT2D eigenvalue weighted by Crippen LogP contribution is -2.36. The van der Waals surface area contributed by atoms with E-state index in [0.717, 1.165) is 19.4 Å². The first kappa shape index (κ1) is 19.3. The Morgan fingerprint density at radius 2 is 2.00 bits per heavy atom. The number of hydrogen-bond donors (Lipinski definition) is 1. The fourth-order valence-corrected chi connectivity index (χ4v) is 4.40. The molecule has 1 fully saturated rings. The fraction of sp³-hybridized carbons (Fsp3) is 0.318. The maximum atomic E-state index is 13.1. The number of benzene rings is 2. The van der Waals surface area contributed by atoms with Crippen LogP contribution in [0.25, 0.3) is 22.1 Å². The van der Waals surface area contributed by atoms with E-state index in [-0.39, 0.29) is 11.2 Å². The fourth-order valence-electron chi connectivity index (χ4n) is 3.89. The van der Waals surface area contributed by atoms with Gasteiger partial charge < -0.3 is 9.52 Å². The van der Waals surface area contributed by atoms with Crippen LogP contribution in [0, 0.1) is 0 Å². The molecule has 28 heavy (non-hydrogen) atoms. The van der Waals surface area contributed by atoms with Gasteiger partial charge >= 0.3 is 0 Å². The first-order chi connectivity index (χ1) is 13.5. The van der Waals surface area contributed by atoms with Crippen molar-refractivity contribution in [1.82, 2.24) is 4.90 Å². The Morgan fingerprint density at radius 3 is 2.75 bits per heavy atom. The van der Waals surface area contributed by atoms with Gasteiger partial charge in [0.05, 0.1) is 21.5 Å². The lowest BCUT2D eigenvalue weighted by atomic mass is 10.0. The van der Waals surface area contributed by atoms with E-state index in [1.807, 2.05) is 0 Å². The Labute approximate surface area is 173 Å². The van der Waals surface area contributed by atoms with Crippen LogP contribution >= 0.6 is 23.2 Å². The SMILES string of the molecule is C[C@H]1CCCCN1Cc1c(O)ccc2c(=O)c(-c3ccc(Cl)cc3Cl)coc12. The number of likely N-dealkylation sites (tertiary alicyclic amines) is 1. The second-order valence-electron chi connectivity index (χ2n) is 7.36. The standard InChI is InChI=1S/C22H21Cl2NO3/c1-13-4-2-3-9-25(13)11-17-20(26)8-7-16-21(27)18(12-28-22(16)17)15-6-5-14(23)10-19(15)24/h5-8,10,12-13,26H,2-4,9,11H2,1H3/t13-/m0/s1. The summed E-state index contributed by atoms with van der Waals surface area (Å²) in [5.74, 6) is 0.144. The van der Waals surface area contributed by atoms with E-state index in [4.69, 9.17) is 27.6 Å². The number of hydrogen-bond acceptors (Lipinski definition) is 4. The Balaban J connectivity index is 1.82. The molecule has 0 saturated carbocycles. The Kier molecular flexibility index (Phi) is 5.37. The molecular weight excluding hydrogens is 397 g/mol. The van der Waals surface area contributed by atoms with Crippen LogP contribution in [0.15, 0.2) is 45.8 Å². The van der Waals surface area contributed by atoms with Crippen LogP contribution in [0.4, 0.5) is 0 Å². The molecule has 4 rings (SSSR count). The van der Waals surface area contributed by atoms with Gasteiger partial charge in [0, 0.05) is 23.2 Å². The molecule has 2 aromatic carbocycles. The van der Waals surface area contributed by atoms with Crippen LogP contribution in [-0.2, 0) is 6.54 Å². The third-order valence-electron chi connectivity index (χ3n) is 5.54. The lowest BCUT2D eigenvalue weighted by Gasteiger charge is -2.33. The first-order valence-corrected chi connectivity index (χ1v) is 10.2. The summed E-state index contributed by atoms with van der Waals surface area (Å²) in [4.78, 5) is 15.5. The highest BCUT2D eigenvalue weighted by Crippen LogP contribution is 2.33. The van der Waals surface area contributed by atoms with E-state index in [1.54, 1.807) is 30.3 Å². The highest BCUT2D eigenvalue weighted by Gasteiger charge is 2.22. The number of nitrogens with zero attached hydrogens (tertiary/aromatic N) is 1. The molecule has 0 unspecified atom stereocenters. The van der Waals surface area contributed by atoms with E-state index in [1.165, 1.54) is 12.7 Å². The van der Waals surface area contributed by atoms with Gasteiger partial charge in [0.15, 0.2) is 0 Å². The van der Waals surface area contributed by atoms with Gasteiger partial charge in [0.1, 0.15) is 17.6 Å². The minimum atomic E-state index is -0.182. The van der Waals surface area contributed by atoms with Crippen LogP contribution in [-0.4, -0.2) is 22.6 Å². The minimum Gasteiger partial charge on any atom is -0.507 e. The van der Waals surface area contributed by atoms with Crippen molar-refractivity contribution in [3.8, 4) is 16.9 Å². The van der Waals surface area contributed by atoms with Crippen molar-refractivity contribution in [2.45, 2.75) is 38.8 Å². The average molecular weight is 418 g/mol. The molecule has 1 saturated heterocycles. The number of piperidine rings is 1. The van der Waals surface area contributed by atoms with E-state index in [0.29, 0.717) is 50.3 Å². The molecule has 1 aliphatic heterocycles. The predicted octanol–water partition coefficient (Wildman–Crippen LogP) is 5.85. The summed E-state index contributed by atoms with van der Waals surface area (Å²) in [6.45, 7) is 3.71. The van der Waals surface area contributed by atoms with Crippen LogP contribution in [0.5, 0.6) is 5.75 Å². The summed E-state index contributed by atoms with van der Waals surface area (Å²) in [5, 5.41) is 11.8. The number of phenolic OH excluding ortho intramolecular Hbond substituents is 1. The molecule has 3 aromatic rings. The van der Waals surface area contributed by atoms with E-state index in [9.17, 15) is 9.90 Å². The monoisotopic (exact) mass is 417 g/mol. The average Bonchev–Trinajstić information content (AvgIpc) is 2.66. The summed E-state index contributed by atoms with van der Waals surface area (Å²) >= 11 is 12.2. The predicted molar refractivity (Wildman–Crippen MR) is 113 cm³/mol. The van der Waals surface area contributed by atoms with Crippen molar-refractivity contribution in [2.75, 3.05) is 6.54 Å². The van der Waals surface area contributed by atoms with Crippen LogP contribution in [0.2, 0.25) is 10.0 Å². The van der Waals surface area contributed by atoms with Crippen LogP contribution in [0.1, 0.15) is 31.7 Å². The lowest BCUT2D eigenvalue weighted by molar-refractivity contribution is 0.151. The molecule has 0 spiro atoms. The van der Waals surface area contributed by atoms with Gasteiger partial charge in [0.2, 0.25) is 5.43 Å². The number of rotatable bonds is 3. The van der Waals surface area contributed by atoms with E-state index < -0.39 is 0 Å². The zero-order chi connectivity index (χ0) is 19.8. The minimum absolute atomic E-state index is 0.144. The van der Waals surface area contributed by atoms with Gasteiger partial charge in [-0.1, -0.05) is 35.7 Å². The molecular formula is C22H21Cl2NO3. The summed E-state index contributed by atoms with van der Waals surface area (Å²) < 4.78 is 5.87. The van der Waals surface area contributed by atoms with Crippen molar-refractivity contribution < 1.29 is 9.52 Å². The number of phenols is 1. The van der Waals surface area contributed by atoms with Crippen molar-refractivity contribution >= 4 is 34.2 Å². The first-order valence-electron chi connectivity index (χ1n) is 9.41. The van der Waals surface area contributed by atoms with Gasteiger partial charge in [-0.25, -0.2) is 0 Å². The zero-order valence-corrected chi connectivity index (χ0v) is 17.1. The number of aromatic hydroxyl groups is 1. The smallest absolute Gasteiger partial charge is 0.200 e. The molecule has 0 amide bonds. The van der Waals surface area contributed by atoms with Crippen LogP contribution in [0.3, 0.4) is 0 Å². The molecule has 1 aromatic heterocycles. The Hall–Kier alpha value is -2.01. The van der Waals surface area contributed by atoms with Crippen molar-refractivity contribution in [1.29, 1.82) is 0 Å². The molecule has 1 aliphatic rings. The normalized spacial score (nSPS) is 17.9. The molecule has 0 radical (unpaired) electrons. The topological polar surface area (TPSA) is 53.7 Å². The molecule has 4 nitrogen and oxygen atoms in total. The van der Waals surface area contributed by atoms with Crippen molar-refractivity contribution in [2.24, 2.45) is 0 Å². The molecule has 0 aliphatic carbocycles. The number of halogens is 2. The molecule has 6 heteroatoms. The summed E-state index contributed by atoms with van der Waals surface area (Å²) in [7, 11) is 0. The van der Waals surface area contributed by atoms with Gasteiger partial charge in [-0.05, 0) is 50.6 Å². The van der Waals surface area contributed by atoms with Gasteiger partial charge in [0.25, 0.3) is 0 Å². The Bertz CT molecular complexity index is 1090. The summed E-state index contributed by atoms with van der Waals surface area (Å²) in [6.07, 6.45) is 4.91. The second kappa shape index (κ2) is 7.78. The quantitative estimate of drug-likeness (QED) is 0.580. The van der Waals surface area contributed by atoms with Gasteiger partial charge in [-0.15, -0.1) is 0 Å². The highest BCUT2D eigenvalue weighted by molar-refractivity contribution is 6.36. The zero-order valence-electron chi connectivity index (χ0n) is 15.5. The maximum Gasteiger partial charge on any atom is 0.200 e. The molecule has 0 bridgehead atoms. The van der Waals surface area contributed by atoms with Crippen LogP contribution < -0.4 is 5.43 Å². The third kappa shape index (κ3) is 3.52. The second-order valence-corrected chi connectivity index (χ2v) is 8.20. The third-order valence-corrected chi connectivity index (χ3v) is 6.09. The highest BCUT2D eigenvalue weighted by atomic mass is 35.5. The summed E-state index contributed by atoms with van der Waals surface area (Å²) in [6, 6.07) is 8.60. The van der Waals surface area contributed by atoms with Crippen molar-refractivity contribution in [3.05, 3.63) is 62.4 Å². The molecule has 2 heterocycles. The van der Waals surface area contributed by atoms with Gasteiger partial charge in [-0.2, -0.15) is 0 Å². The van der Waals surface area contributed by atoms with E-state index >= 15 is 0 Å². The largest absolute Gasteiger partial charge is 0.507 e. The number of fused-ring (bicyclic) bond motifs is 1. The van der Waals surface area contributed by atoms with E-state index in [2.05, 4.69) is 11.8 Å². The van der Waals surface area contributed by atoms with Crippen molar-refractivity contribution in [3.63, 3.8) is 0 Å². The molecule has 1 atom stereocenters. The molecule has 146 valence electrons.